The zero-order chi connectivity index (χ0) is 21.5. The first-order valence-corrected chi connectivity index (χ1v) is 9.60. The SMILES string of the molecule is CNC(=O)/C(=N/OC)C1=C(Oc2cccc(Oc3ccccc3)n2)CC(C)=C(C)C1. The van der Waals surface area contributed by atoms with E-state index in [2.05, 4.69) is 15.5 Å². The number of carbonyl (C=O) groups is 1. The maximum atomic E-state index is 12.4. The molecule has 0 atom stereocenters. The number of pyridine rings is 1. The number of oxime groups is 1. The van der Waals surface area contributed by atoms with Gasteiger partial charge in [0.1, 0.15) is 18.6 Å². The van der Waals surface area contributed by atoms with Gasteiger partial charge in [0.25, 0.3) is 5.91 Å². The largest absolute Gasteiger partial charge is 0.443 e. The number of hydrogen-bond acceptors (Lipinski definition) is 6. The van der Waals surface area contributed by atoms with Crippen LogP contribution in [0.4, 0.5) is 0 Å². The molecular formula is C23H25N3O4. The van der Waals surface area contributed by atoms with Gasteiger partial charge >= 0.3 is 0 Å². The first kappa shape index (κ1) is 21.1. The number of nitrogens with zero attached hydrogens (tertiary/aromatic N) is 2. The van der Waals surface area contributed by atoms with Crippen molar-refractivity contribution < 1.29 is 19.1 Å². The van der Waals surface area contributed by atoms with Crippen LogP contribution < -0.4 is 14.8 Å². The van der Waals surface area contributed by atoms with E-state index in [0.29, 0.717) is 41.7 Å². The average Bonchev–Trinajstić information content (AvgIpc) is 2.75. The van der Waals surface area contributed by atoms with Crippen molar-refractivity contribution >= 4 is 11.6 Å². The predicted octanol–water partition coefficient (Wildman–Crippen LogP) is 4.39. The highest BCUT2D eigenvalue weighted by Gasteiger charge is 2.26. The lowest BCUT2D eigenvalue weighted by Crippen LogP contribution is -2.31. The number of nitrogens with one attached hydrogen (secondary N) is 1. The van der Waals surface area contributed by atoms with E-state index in [0.717, 1.165) is 0 Å². The summed E-state index contributed by atoms with van der Waals surface area (Å²) >= 11 is 0. The summed E-state index contributed by atoms with van der Waals surface area (Å²) in [4.78, 5) is 21.7. The summed E-state index contributed by atoms with van der Waals surface area (Å²) in [5.74, 6) is 1.74. The minimum Gasteiger partial charge on any atom is -0.443 e. The van der Waals surface area contributed by atoms with Gasteiger partial charge in [-0.25, -0.2) is 0 Å². The van der Waals surface area contributed by atoms with Gasteiger partial charge in [0.15, 0.2) is 5.71 Å². The fraction of sp³-hybridized carbons (Fsp3) is 0.261. The maximum Gasteiger partial charge on any atom is 0.273 e. The van der Waals surface area contributed by atoms with Gasteiger partial charge in [-0.2, -0.15) is 4.98 Å². The lowest BCUT2D eigenvalue weighted by molar-refractivity contribution is -0.114. The Labute approximate surface area is 176 Å². The molecule has 2 aromatic rings. The molecule has 1 aliphatic carbocycles. The van der Waals surface area contributed by atoms with Crippen LogP contribution in [0.1, 0.15) is 26.7 Å². The lowest BCUT2D eigenvalue weighted by Gasteiger charge is -2.23. The van der Waals surface area contributed by atoms with Crippen molar-refractivity contribution in [1.29, 1.82) is 0 Å². The maximum absolute atomic E-state index is 12.4. The summed E-state index contributed by atoms with van der Waals surface area (Å²) in [6.07, 6.45) is 1.09. The standard InChI is InChI=1S/C23H25N3O4/c1-15-13-18(22(26-28-4)23(27)24-3)19(14-16(15)2)30-21-12-8-11-20(25-21)29-17-9-6-5-7-10-17/h5-12H,13-14H2,1-4H3,(H,24,27)/b26-22+. The molecule has 0 saturated carbocycles. The van der Waals surface area contributed by atoms with Gasteiger partial charge in [-0.1, -0.05) is 40.6 Å². The Morgan fingerprint density at radius 1 is 0.967 bits per heavy atom. The third-order valence-electron chi connectivity index (χ3n) is 4.73. The van der Waals surface area contributed by atoms with Crippen LogP contribution in [0.2, 0.25) is 0 Å². The smallest absolute Gasteiger partial charge is 0.273 e. The van der Waals surface area contributed by atoms with E-state index < -0.39 is 0 Å². The fourth-order valence-corrected chi connectivity index (χ4v) is 3.01. The Bertz CT molecular complexity index is 1010. The van der Waals surface area contributed by atoms with Crippen LogP contribution in [0.25, 0.3) is 0 Å². The minimum atomic E-state index is -0.338. The molecular weight excluding hydrogens is 382 g/mol. The highest BCUT2D eigenvalue weighted by Crippen LogP contribution is 2.32. The van der Waals surface area contributed by atoms with Gasteiger partial charge in [-0.15, -0.1) is 0 Å². The quantitative estimate of drug-likeness (QED) is 0.418. The van der Waals surface area contributed by atoms with E-state index >= 15 is 0 Å². The second-order valence-corrected chi connectivity index (χ2v) is 6.85. The number of ether oxygens (including phenoxy) is 2. The van der Waals surface area contributed by atoms with Gasteiger partial charge in [0.2, 0.25) is 11.8 Å². The molecule has 1 heterocycles. The molecule has 1 amide bonds. The number of hydrogen-bond donors (Lipinski definition) is 1. The van der Waals surface area contributed by atoms with E-state index in [-0.39, 0.29) is 11.6 Å². The van der Waals surface area contributed by atoms with E-state index in [1.807, 2.05) is 44.2 Å². The topological polar surface area (TPSA) is 82.0 Å². The van der Waals surface area contributed by atoms with Crippen LogP contribution in [0, 0.1) is 0 Å². The number of benzene rings is 1. The van der Waals surface area contributed by atoms with Crippen molar-refractivity contribution in [3.05, 3.63) is 71.0 Å². The Morgan fingerprint density at radius 2 is 1.63 bits per heavy atom. The van der Waals surface area contributed by atoms with E-state index in [4.69, 9.17) is 14.3 Å². The van der Waals surface area contributed by atoms with Crippen molar-refractivity contribution in [3.63, 3.8) is 0 Å². The van der Waals surface area contributed by atoms with Crippen molar-refractivity contribution in [2.24, 2.45) is 5.16 Å². The molecule has 0 fully saturated rings. The normalized spacial score (nSPS) is 14.5. The second kappa shape index (κ2) is 9.73. The van der Waals surface area contributed by atoms with Crippen LogP contribution in [0.5, 0.6) is 17.5 Å². The van der Waals surface area contributed by atoms with Crippen LogP contribution in [0.3, 0.4) is 0 Å². The van der Waals surface area contributed by atoms with Crippen LogP contribution in [-0.4, -0.2) is 30.8 Å². The number of carbonyl (C=O) groups excluding carboxylic acids is 1. The summed E-state index contributed by atoms with van der Waals surface area (Å²) in [5, 5.41) is 6.55. The molecule has 0 bridgehead atoms. The fourth-order valence-electron chi connectivity index (χ4n) is 3.01. The molecule has 0 aliphatic heterocycles. The molecule has 1 aliphatic rings. The van der Waals surface area contributed by atoms with Gasteiger partial charge in [-0.3, -0.25) is 4.79 Å². The van der Waals surface area contributed by atoms with Crippen molar-refractivity contribution in [2.75, 3.05) is 14.2 Å². The van der Waals surface area contributed by atoms with Gasteiger partial charge in [-0.05, 0) is 32.4 Å². The Morgan fingerprint density at radius 3 is 2.30 bits per heavy atom. The number of rotatable bonds is 7. The number of para-hydroxylation sites is 1. The zero-order valence-corrected chi connectivity index (χ0v) is 17.6. The second-order valence-electron chi connectivity index (χ2n) is 6.85. The molecule has 1 aromatic carbocycles. The van der Waals surface area contributed by atoms with Crippen LogP contribution in [0.15, 0.2) is 76.2 Å². The molecule has 7 nitrogen and oxygen atoms in total. The molecule has 1 aromatic heterocycles. The van der Waals surface area contributed by atoms with Crippen molar-refractivity contribution in [3.8, 4) is 17.5 Å². The average molecular weight is 407 g/mol. The third kappa shape index (κ3) is 5.05. The molecule has 0 radical (unpaired) electrons. The molecule has 156 valence electrons. The molecule has 0 spiro atoms. The predicted molar refractivity (Wildman–Crippen MR) is 115 cm³/mol. The summed E-state index contributed by atoms with van der Waals surface area (Å²) in [6, 6.07) is 14.7. The Hall–Kier alpha value is -3.61. The molecule has 0 unspecified atom stereocenters. The van der Waals surface area contributed by atoms with Gasteiger partial charge < -0.3 is 19.6 Å². The van der Waals surface area contributed by atoms with Crippen molar-refractivity contribution in [2.45, 2.75) is 26.7 Å². The minimum absolute atomic E-state index is 0.193. The molecule has 1 N–H and O–H groups in total. The number of amides is 1. The summed E-state index contributed by atoms with van der Waals surface area (Å²) in [7, 11) is 2.96. The van der Waals surface area contributed by atoms with E-state index in [1.54, 1.807) is 25.2 Å². The first-order chi connectivity index (χ1) is 14.5. The number of allylic oxidation sites excluding steroid dienone is 2. The van der Waals surface area contributed by atoms with Gasteiger partial charge in [0.05, 0.1) is 0 Å². The van der Waals surface area contributed by atoms with Crippen LogP contribution in [-0.2, 0) is 9.63 Å². The molecule has 30 heavy (non-hydrogen) atoms. The third-order valence-corrected chi connectivity index (χ3v) is 4.73. The molecule has 7 heteroatoms. The van der Waals surface area contributed by atoms with E-state index in [1.165, 1.54) is 18.3 Å². The summed E-state index contributed by atoms with van der Waals surface area (Å²) in [6.45, 7) is 4.08. The van der Waals surface area contributed by atoms with Crippen LogP contribution >= 0.6 is 0 Å². The van der Waals surface area contributed by atoms with Crippen molar-refractivity contribution in [1.82, 2.24) is 10.3 Å². The number of aromatic nitrogens is 1. The molecule has 0 saturated heterocycles. The molecule has 3 rings (SSSR count). The monoisotopic (exact) mass is 407 g/mol. The summed E-state index contributed by atoms with van der Waals surface area (Å²) < 4.78 is 11.9. The first-order valence-electron chi connectivity index (χ1n) is 9.60. The van der Waals surface area contributed by atoms with Gasteiger partial charge in [0, 0.05) is 31.2 Å². The Kier molecular flexibility index (Phi) is 6.85. The highest BCUT2D eigenvalue weighted by molar-refractivity contribution is 6.45. The van der Waals surface area contributed by atoms with E-state index in [9.17, 15) is 4.79 Å². The summed E-state index contributed by atoms with van der Waals surface area (Å²) in [5.41, 5.74) is 3.22. The highest BCUT2D eigenvalue weighted by atomic mass is 16.6. The zero-order valence-electron chi connectivity index (χ0n) is 17.6. The lowest BCUT2D eigenvalue weighted by atomic mass is 9.89. The Balaban J connectivity index is 1.92.